The van der Waals surface area contributed by atoms with Crippen molar-refractivity contribution < 1.29 is 26.0 Å². The highest BCUT2D eigenvalue weighted by molar-refractivity contribution is 6.05. The predicted octanol–water partition coefficient (Wildman–Crippen LogP) is 2.63. The molecule has 0 aliphatic carbocycles. The van der Waals surface area contributed by atoms with Crippen molar-refractivity contribution in [2.45, 2.75) is 57.2 Å². The maximum atomic E-state index is 13.3. The summed E-state index contributed by atoms with van der Waals surface area (Å²) in [5.74, 6) is -3.13. The third kappa shape index (κ3) is 5.58. The zero-order valence-corrected chi connectivity index (χ0v) is 22.8. The Morgan fingerprint density at radius 1 is 1.05 bits per heavy atom. The first-order valence-corrected chi connectivity index (χ1v) is 14.0. The van der Waals surface area contributed by atoms with Crippen LogP contribution in [0.25, 0.3) is 0 Å². The lowest BCUT2D eigenvalue weighted by Crippen LogP contribution is -2.52. The molecule has 3 saturated heterocycles. The standard InChI is InChI=1S/C31H39N5O4/c1-33-14-16-34(17-15-33)27-8-3-2-6-22(27)19-35-13-5-4-7-24(35)21-40-25-9-10-26-23(18-25)20-36(31(26)39)28-11-12-29(37)32-30(28)38/h2-3,6,8-10,18,24,28H,4-5,7,11-17,19-21H2,1H3,(H,32,37,38)/t24-,28?/m1/s1/i11D2,12D2,28D. The van der Waals surface area contributed by atoms with Gasteiger partial charge in [0, 0.05) is 68.4 Å². The summed E-state index contributed by atoms with van der Waals surface area (Å²) in [5.41, 5.74) is 3.19. The van der Waals surface area contributed by atoms with Gasteiger partial charge in [-0.1, -0.05) is 24.6 Å². The first-order valence-electron chi connectivity index (χ1n) is 16.5. The lowest BCUT2D eigenvalue weighted by Gasteiger charge is -2.38. The van der Waals surface area contributed by atoms with Crippen LogP contribution >= 0.6 is 0 Å². The van der Waals surface area contributed by atoms with Crippen LogP contribution < -0.4 is 15.0 Å². The van der Waals surface area contributed by atoms with Gasteiger partial charge in [-0.25, -0.2) is 0 Å². The molecule has 0 radical (unpaired) electrons. The molecule has 4 aliphatic rings. The van der Waals surface area contributed by atoms with E-state index in [9.17, 15) is 14.4 Å². The molecule has 3 fully saturated rings. The Bertz CT molecular complexity index is 1500. The van der Waals surface area contributed by atoms with Gasteiger partial charge < -0.3 is 19.4 Å². The van der Waals surface area contributed by atoms with E-state index in [1.807, 2.05) is 0 Å². The molecule has 2 aromatic carbocycles. The van der Waals surface area contributed by atoms with Gasteiger partial charge in [0.1, 0.15) is 18.4 Å². The van der Waals surface area contributed by atoms with Crippen LogP contribution in [0.1, 0.15) is 60.3 Å². The molecule has 0 bridgehead atoms. The molecule has 212 valence electrons. The number of amides is 3. The van der Waals surface area contributed by atoms with Crippen molar-refractivity contribution in [1.82, 2.24) is 20.0 Å². The monoisotopic (exact) mass is 550 g/mol. The number of rotatable bonds is 7. The van der Waals surface area contributed by atoms with E-state index >= 15 is 0 Å². The summed E-state index contributed by atoms with van der Waals surface area (Å²) in [5, 5.41) is 1.75. The largest absolute Gasteiger partial charge is 0.492 e. The normalized spacial score (nSPS) is 30.5. The highest BCUT2D eigenvalue weighted by Crippen LogP contribution is 2.31. The van der Waals surface area contributed by atoms with E-state index in [0.717, 1.165) is 58.5 Å². The zero-order valence-electron chi connectivity index (χ0n) is 27.8. The van der Waals surface area contributed by atoms with Gasteiger partial charge in [0.15, 0.2) is 0 Å². The number of ether oxygens (including phenoxy) is 1. The molecule has 2 atom stereocenters. The Morgan fingerprint density at radius 3 is 2.73 bits per heavy atom. The van der Waals surface area contributed by atoms with Crippen molar-refractivity contribution in [3.8, 4) is 5.75 Å². The van der Waals surface area contributed by atoms with Crippen LogP contribution in [0, 0.1) is 0 Å². The predicted molar refractivity (Wildman–Crippen MR) is 152 cm³/mol. The summed E-state index contributed by atoms with van der Waals surface area (Å²) in [6, 6.07) is 10.6. The van der Waals surface area contributed by atoms with E-state index in [-0.39, 0.29) is 18.2 Å². The van der Waals surface area contributed by atoms with Crippen molar-refractivity contribution in [3.05, 3.63) is 59.2 Å². The number of para-hydroxylation sites is 1. The van der Waals surface area contributed by atoms with Crippen LogP contribution in [-0.2, 0) is 22.7 Å². The summed E-state index contributed by atoms with van der Waals surface area (Å²) in [6.07, 6.45) is -3.31. The van der Waals surface area contributed by atoms with Crippen molar-refractivity contribution in [3.63, 3.8) is 0 Å². The summed E-state index contributed by atoms with van der Waals surface area (Å²) >= 11 is 0. The molecule has 6 rings (SSSR count). The molecule has 4 aliphatic heterocycles. The average molecular weight is 551 g/mol. The summed E-state index contributed by atoms with van der Waals surface area (Å²) < 4.78 is 47.5. The van der Waals surface area contributed by atoms with E-state index in [0.29, 0.717) is 22.8 Å². The fourth-order valence-electron chi connectivity index (χ4n) is 5.99. The number of nitrogens with one attached hydrogen (secondary N) is 1. The number of fused-ring (bicyclic) bond motifs is 1. The van der Waals surface area contributed by atoms with Crippen LogP contribution in [0.4, 0.5) is 5.69 Å². The van der Waals surface area contributed by atoms with Crippen LogP contribution in [0.3, 0.4) is 0 Å². The van der Waals surface area contributed by atoms with Gasteiger partial charge in [0.25, 0.3) is 5.91 Å². The number of benzene rings is 2. The molecule has 1 N–H and O–H groups in total. The molecule has 0 spiro atoms. The number of carbonyl (C=O) groups is 3. The Kier molecular flexibility index (Phi) is 6.18. The summed E-state index contributed by atoms with van der Waals surface area (Å²) in [7, 11) is 2.15. The lowest BCUT2D eigenvalue weighted by molar-refractivity contribution is -0.136. The third-order valence-electron chi connectivity index (χ3n) is 8.29. The molecular weight excluding hydrogens is 506 g/mol. The molecule has 1 unspecified atom stereocenters. The second-order valence-corrected chi connectivity index (χ2v) is 10.9. The summed E-state index contributed by atoms with van der Waals surface area (Å²) in [4.78, 5) is 46.1. The lowest BCUT2D eigenvalue weighted by atomic mass is 10.0. The molecule has 3 amide bonds. The van der Waals surface area contributed by atoms with Gasteiger partial charge in [-0.3, -0.25) is 24.6 Å². The van der Waals surface area contributed by atoms with Gasteiger partial charge in [-0.2, -0.15) is 0 Å². The minimum atomic E-state index is -3.30. The molecule has 9 nitrogen and oxygen atoms in total. The van der Waals surface area contributed by atoms with E-state index in [2.05, 4.69) is 46.0 Å². The van der Waals surface area contributed by atoms with Gasteiger partial charge in [-0.05, 0) is 68.2 Å². The zero-order chi connectivity index (χ0) is 32.1. The molecule has 40 heavy (non-hydrogen) atoms. The van der Waals surface area contributed by atoms with Crippen molar-refractivity contribution in [2.75, 3.05) is 51.3 Å². The minimum Gasteiger partial charge on any atom is -0.492 e. The maximum absolute atomic E-state index is 13.3. The number of anilines is 1. The van der Waals surface area contributed by atoms with Crippen LogP contribution in [0.5, 0.6) is 5.75 Å². The van der Waals surface area contributed by atoms with E-state index in [4.69, 9.17) is 11.6 Å². The van der Waals surface area contributed by atoms with Crippen molar-refractivity contribution in [1.29, 1.82) is 0 Å². The summed E-state index contributed by atoms with van der Waals surface area (Å²) in [6.45, 7) is 5.99. The van der Waals surface area contributed by atoms with Crippen LogP contribution in [0.15, 0.2) is 42.5 Å². The fraction of sp³-hybridized carbons (Fsp3) is 0.516. The van der Waals surface area contributed by atoms with E-state index < -0.39 is 36.5 Å². The third-order valence-corrected chi connectivity index (χ3v) is 8.29. The minimum absolute atomic E-state index is 0.176. The quantitative estimate of drug-likeness (QED) is 0.531. The number of carbonyl (C=O) groups excluding carboxylic acids is 3. The number of hydrogen-bond acceptors (Lipinski definition) is 7. The van der Waals surface area contributed by atoms with Gasteiger partial charge in [0.05, 0.1) is 1.37 Å². The molecular formula is C31H39N5O4. The van der Waals surface area contributed by atoms with Crippen LogP contribution in [0.2, 0.25) is 0 Å². The number of nitrogens with zero attached hydrogens (tertiary/aromatic N) is 4. The average Bonchev–Trinajstić information content (AvgIpc) is 3.35. The second kappa shape index (κ2) is 11.6. The topological polar surface area (TPSA) is 85.4 Å². The van der Waals surface area contributed by atoms with Crippen molar-refractivity contribution in [2.24, 2.45) is 0 Å². The Hall–Kier alpha value is -3.43. The molecule has 4 heterocycles. The number of likely N-dealkylation sites (tertiary alicyclic amines) is 1. The smallest absolute Gasteiger partial charge is 0.255 e. The first-order chi connectivity index (χ1) is 21.3. The fourth-order valence-corrected chi connectivity index (χ4v) is 5.99. The Balaban J connectivity index is 1.15. The van der Waals surface area contributed by atoms with E-state index in [1.165, 1.54) is 17.3 Å². The number of imide groups is 1. The highest BCUT2D eigenvalue weighted by Gasteiger charge is 2.39. The van der Waals surface area contributed by atoms with E-state index in [1.54, 1.807) is 17.4 Å². The number of likely N-dealkylation sites (N-methyl/N-ethyl adjacent to an activating group) is 1. The number of piperazine rings is 1. The van der Waals surface area contributed by atoms with Gasteiger partial charge >= 0.3 is 0 Å². The molecule has 9 heteroatoms. The molecule has 0 saturated carbocycles. The second-order valence-electron chi connectivity index (χ2n) is 10.9. The SMILES string of the molecule is [2H]C1([2H])C(=O)NC(=O)C([2H])(N2Cc3cc(OC[C@H]4CCCCN4Cc4ccccc4N4CCN(C)CC4)ccc3C2=O)C1([2H])[2H]. The Labute approximate surface area is 243 Å². The van der Waals surface area contributed by atoms with Gasteiger partial charge in [-0.15, -0.1) is 0 Å². The molecule has 0 aromatic heterocycles. The van der Waals surface area contributed by atoms with Crippen LogP contribution in [-0.4, -0.2) is 90.9 Å². The van der Waals surface area contributed by atoms with Crippen molar-refractivity contribution >= 4 is 23.4 Å². The van der Waals surface area contributed by atoms with Gasteiger partial charge in [0.2, 0.25) is 11.8 Å². The number of hydrogen-bond donors (Lipinski definition) is 1. The highest BCUT2D eigenvalue weighted by atomic mass is 16.5. The molecule has 2 aromatic rings. The number of piperidine rings is 2. The Morgan fingerprint density at radius 2 is 1.88 bits per heavy atom. The first kappa shape index (κ1) is 21.3. The maximum Gasteiger partial charge on any atom is 0.255 e.